The first-order valence-corrected chi connectivity index (χ1v) is 16.2. The summed E-state index contributed by atoms with van der Waals surface area (Å²) in [5.41, 5.74) is 26.4. The Morgan fingerprint density at radius 1 is 0.818 bits per heavy atom. The number of benzene rings is 2. The lowest BCUT2D eigenvalue weighted by Crippen LogP contribution is -2.53. The fourth-order valence-corrected chi connectivity index (χ4v) is 6.97. The van der Waals surface area contributed by atoms with E-state index in [0.717, 1.165) is 23.7 Å². The molecule has 0 radical (unpaired) electrons. The monoisotopic (exact) mass is 621 g/mol. The van der Waals surface area contributed by atoms with E-state index in [4.69, 9.17) is 37.9 Å². The molecule has 0 aliphatic carbocycles. The van der Waals surface area contributed by atoms with Crippen LogP contribution in [0.3, 0.4) is 0 Å². The van der Waals surface area contributed by atoms with Gasteiger partial charge in [-0.2, -0.15) is 20.1 Å². The summed E-state index contributed by atoms with van der Waals surface area (Å²) in [5.74, 6) is 1.85. The highest BCUT2D eigenvalue weighted by molar-refractivity contribution is 7.92. The van der Waals surface area contributed by atoms with E-state index >= 15 is 0 Å². The molecule has 2 aliphatic rings. The van der Waals surface area contributed by atoms with E-state index in [9.17, 15) is 8.42 Å². The summed E-state index contributed by atoms with van der Waals surface area (Å²) in [4.78, 5) is 18.5. The quantitative estimate of drug-likeness (QED) is 0.135. The number of aromatic nitrogens is 5. The summed E-state index contributed by atoms with van der Waals surface area (Å²) < 4.78 is 28.8. The van der Waals surface area contributed by atoms with Crippen molar-refractivity contribution in [3.8, 4) is 0 Å². The standard InChI is InChI=1S/C28H39N13O2S/c29-10-17-7-18(11-30)14-40(13-17)27-35-26(36-28(37-27)41-15-20(31)8-21(32)16-41)34-22-3-5-24(6-4-22)44(42,43)39-23-2-1-19-12-33-38-25(19)9-23/h1-6,9,12,17-18,20-21,39H,7-8,10-11,13-16,29-32H2,(H,33,38)(H,34,35,36,37)/t17-,18+,20-,21+. The minimum absolute atomic E-state index is 0.0990. The number of nitrogens with two attached hydrogens (primary N) is 4. The van der Waals surface area contributed by atoms with Crippen LogP contribution in [0.25, 0.3) is 10.9 Å². The van der Waals surface area contributed by atoms with Gasteiger partial charge in [0.15, 0.2) is 0 Å². The van der Waals surface area contributed by atoms with Crippen molar-refractivity contribution in [2.75, 3.05) is 59.1 Å². The number of nitrogens with one attached hydrogen (secondary N) is 3. The number of hydrogen-bond donors (Lipinski definition) is 7. The Labute approximate surface area is 255 Å². The first-order valence-electron chi connectivity index (χ1n) is 14.7. The van der Waals surface area contributed by atoms with E-state index in [1.54, 1.807) is 36.5 Å². The van der Waals surface area contributed by atoms with Gasteiger partial charge in [0.25, 0.3) is 10.0 Å². The van der Waals surface area contributed by atoms with Gasteiger partial charge < -0.3 is 38.1 Å². The maximum Gasteiger partial charge on any atom is 0.261 e. The zero-order valence-electron chi connectivity index (χ0n) is 24.3. The lowest BCUT2D eigenvalue weighted by Gasteiger charge is -2.38. The highest BCUT2D eigenvalue weighted by Crippen LogP contribution is 2.28. The summed E-state index contributed by atoms with van der Waals surface area (Å²) in [7, 11) is -3.83. The summed E-state index contributed by atoms with van der Waals surface area (Å²) in [6.07, 6.45) is 3.36. The molecular weight excluding hydrogens is 582 g/mol. The van der Waals surface area contributed by atoms with Gasteiger partial charge in [-0.25, -0.2) is 8.42 Å². The maximum absolute atomic E-state index is 13.1. The van der Waals surface area contributed by atoms with Gasteiger partial charge in [0.2, 0.25) is 17.8 Å². The Kier molecular flexibility index (Phi) is 8.50. The summed E-state index contributed by atoms with van der Waals surface area (Å²) in [6.45, 7) is 3.66. The van der Waals surface area contributed by atoms with Gasteiger partial charge in [0.05, 0.1) is 22.3 Å². The van der Waals surface area contributed by atoms with Crippen LogP contribution in [0.2, 0.25) is 0 Å². The number of piperidine rings is 2. The van der Waals surface area contributed by atoms with Crippen LogP contribution in [0, 0.1) is 11.8 Å². The maximum atomic E-state index is 13.1. The molecule has 0 unspecified atom stereocenters. The molecule has 0 bridgehead atoms. The van der Waals surface area contributed by atoms with Crippen molar-refractivity contribution < 1.29 is 8.42 Å². The van der Waals surface area contributed by atoms with Crippen molar-refractivity contribution in [2.45, 2.75) is 29.8 Å². The molecule has 4 aromatic rings. The summed E-state index contributed by atoms with van der Waals surface area (Å²) >= 11 is 0. The molecule has 0 saturated carbocycles. The topological polar surface area (TPSA) is 236 Å². The van der Waals surface area contributed by atoms with Crippen LogP contribution in [0.1, 0.15) is 12.8 Å². The van der Waals surface area contributed by atoms with Gasteiger partial charge in [-0.1, -0.05) is 0 Å². The van der Waals surface area contributed by atoms with Crippen molar-refractivity contribution in [1.82, 2.24) is 25.1 Å². The molecule has 6 rings (SSSR count). The largest absolute Gasteiger partial charge is 0.340 e. The second-order valence-electron chi connectivity index (χ2n) is 11.7. The number of aromatic amines is 1. The predicted molar refractivity (Wildman–Crippen MR) is 171 cm³/mol. The van der Waals surface area contributed by atoms with Gasteiger partial charge in [-0.05, 0) is 80.2 Å². The number of sulfonamides is 1. The van der Waals surface area contributed by atoms with E-state index in [0.29, 0.717) is 68.5 Å². The van der Waals surface area contributed by atoms with Crippen LogP contribution in [0.15, 0.2) is 53.6 Å². The van der Waals surface area contributed by atoms with Crippen LogP contribution >= 0.6 is 0 Å². The van der Waals surface area contributed by atoms with Crippen LogP contribution in [-0.4, -0.2) is 84.9 Å². The Morgan fingerprint density at radius 3 is 2.07 bits per heavy atom. The van der Waals surface area contributed by atoms with Crippen molar-refractivity contribution >= 4 is 50.1 Å². The molecule has 4 heterocycles. The molecule has 0 amide bonds. The van der Waals surface area contributed by atoms with Gasteiger partial charge in [-0.15, -0.1) is 0 Å². The van der Waals surface area contributed by atoms with E-state index in [2.05, 4.69) is 25.1 Å². The molecule has 15 nitrogen and oxygen atoms in total. The molecule has 2 saturated heterocycles. The fourth-order valence-electron chi connectivity index (χ4n) is 5.92. The van der Waals surface area contributed by atoms with E-state index in [1.807, 2.05) is 4.90 Å². The third-order valence-corrected chi connectivity index (χ3v) is 9.50. The Morgan fingerprint density at radius 2 is 1.43 bits per heavy atom. The van der Waals surface area contributed by atoms with Gasteiger partial charge >= 0.3 is 0 Å². The number of rotatable bonds is 9. The second kappa shape index (κ2) is 12.5. The molecule has 4 atom stereocenters. The van der Waals surface area contributed by atoms with Gasteiger partial charge in [0.1, 0.15) is 0 Å². The SMILES string of the molecule is NC[C@@H]1C[C@H](CN)CN(c2nc(Nc3ccc(S(=O)(=O)Nc4ccc5cn[nH]c5c4)cc3)nc(N3C[C@H](N)C[C@H](N)C3)n2)C1. The smallest absolute Gasteiger partial charge is 0.261 e. The Balaban J connectivity index is 1.25. The average Bonchev–Trinajstić information content (AvgIpc) is 3.48. The molecule has 44 heavy (non-hydrogen) atoms. The number of nitrogens with zero attached hydrogens (tertiary/aromatic N) is 6. The summed E-state index contributed by atoms with van der Waals surface area (Å²) in [5, 5.41) is 10.9. The third-order valence-electron chi connectivity index (χ3n) is 8.10. The van der Waals surface area contributed by atoms with Crippen LogP contribution in [0.5, 0.6) is 0 Å². The average molecular weight is 622 g/mol. The van der Waals surface area contributed by atoms with Crippen molar-refractivity contribution in [1.29, 1.82) is 0 Å². The lowest BCUT2D eigenvalue weighted by atomic mass is 9.89. The summed E-state index contributed by atoms with van der Waals surface area (Å²) in [6, 6.07) is 11.4. The van der Waals surface area contributed by atoms with Crippen LogP contribution < -0.4 is 42.8 Å². The van der Waals surface area contributed by atoms with Crippen molar-refractivity contribution in [3.63, 3.8) is 0 Å². The molecule has 2 fully saturated rings. The zero-order valence-corrected chi connectivity index (χ0v) is 25.1. The molecule has 234 valence electrons. The molecule has 2 aromatic carbocycles. The Bertz CT molecular complexity index is 1680. The molecule has 2 aromatic heterocycles. The first-order chi connectivity index (χ1) is 21.2. The van der Waals surface area contributed by atoms with Crippen LogP contribution in [-0.2, 0) is 10.0 Å². The van der Waals surface area contributed by atoms with E-state index < -0.39 is 10.0 Å². The van der Waals surface area contributed by atoms with Crippen molar-refractivity contribution in [3.05, 3.63) is 48.7 Å². The highest BCUT2D eigenvalue weighted by atomic mass is 32.2. The molecule has 16 heteroatoms. The lowest BCUT2D eigenvalue weighted by molar-refractivity contribution is 0.326. The third kappa shape index (κ3) is 6.68. The highest BCUT2D eigenvalue weighted by Gasteiger charge is 2.30. The van der Waals surface area contributed by atoms with Gasteiger partial charge in [0, 0.05) is 49.3 Å². The fraction of sp³-hybridized carbons (Fsp3) is 0.429. The molecular formula is C28H39N13O2S. The normalized spacial score (nSPS) is 22.7. The number of hydrogen-bond acceptors (Lipinski definition) is 13. The first kappa shape index (κ1) is 30.0. The Hall–Kier alpha value is -4.09. The molecule has 2 aliphatic heterocycles. The minimum Gasteiger partial charge on any atom is -0.340 e. The van der Waals surface area contributed by atoms with E-state index in [1.165, 1.54) is 12.1 Å². The van der Waals surface area contributed by atoms with Gasteiger partial charge in [-0.3, -0.25) is 9.82 Å². The number of H-pyrrole nitrogens is 1. The molecule has 11 N–H and O–H groups in total. The number of fused-ring (bicyclic) bond motifs is 1. The minimum atomic E-state index is -3.83. The number of anilines is 5. The molecule has 0 spiro atoms. The van der Waals surface area contributed by atoms with Crippen molar-refractivity contribution in [2.24, 2.45) is 34.8 Å². The predicted octanol–water partition coefficient (Wildman–Crippen LogP) is 0.517. The zero-order chi connectivity index (χ0) is 30.8. The van der Waals surface area contributed by atoms with E-state index in [-0.39, 0.29) is 28.8 Å². The van der Waals surface area contributed by atoms with Crippen LogP contribution in [0.4, 0.5) is 29.2 Å². The second-order valence-corrected chi connectivity index (χ2v) is 13.4.